The summed E-state index contributed by atoms with van der Waals surface area (Å²) in [6.45, 7) is 5.55. The fourth-order valence-electron chi connectivity index (χ4n) is 1.45. The monoisotopic (exact) mass is 333 g/mol. The molecule has 0 unspecified atom stereocenters. The summed E-state index contributed by atoms with van der Waals surface area (Å²) in [6, 6.07) is 1.53. The van der Waals surface area contributed by atoms with Crippen LogP contribution < -0.4 is 5.32 Å². The van der Waals surface area contributed by atoms with Crippen molar-refractivity contribution in [3.63, 3.8) is 0 Å². The first-order valence-corrected chi connectivity index (χ1v) is 7.30. The van der Waals surface area contributed by atoms with E-state index in [-0.39, 0.29) is 12.5 Å². The molecule has 0 aliphatic carbocycles. The molecule has 1 aliphatic rings. The molecular weight excluding hydrogens is 321 g/mol. The van der Waals surface area contributed by atoms with E-state index in [0.717, 1.165) is 11.4 Å². The van der Waals surface area contributed by atoms with Gasteiger partial charge in [0.05, 0.1) is 32.7 Å². The summed E-state index contributed by atoms with van der Waals surface area (Å²) < 4.78 is 13.6. The van der Waals surface area contributed by atoms with E-state index in [1.807, 2.05) is 20.8 Å². The second-order valence-corrected chi connectivity index (χ2v) is 6.47. The highest BCUT2D eigenvalue weighted by molar-refractivity contribution is 7.58. The van der Waals surface area contributed by atoms with E-state index in [1.165, 1.54) is 6.07 Å². The lowest BCUT2D eigenvalue weighted by molar-refractivity contribution is -0.125. The van der Waals surface area contributed by atoms with Crippen LogP contribution in [0.2, 0.25) is 10.0 Å². The molecule has 0 atom stereocenters. The van der Waals surface area contributed by atoms with Gasteiger partial charge in [-0.2, -0.15) is 8.73 Å². The number of rotatable bonds is 3. The fraction of sp³-hybridized carbons (Fsp3) is 0.417. The minimum Gasteiger partial charge on any atom is -0.366 e. The number of fused-ring (bicyclic) bond motifs is 1. The van der Waals surface area contributed by atoms with Crippen LogP contribution in [0.25, 0.3) is 0 Å². The van der Waals surface area contributed by atoms with E-state index in [4.69, 9.17) is 27.9 Å². The lowest BCUT2D eigenvalue weighted by Crippen LogP contribution is -2.27. The molecule has 0 aromatic heterocycles. The van der Waals surface area contributed by atoms with Crippen LogP contribution in [0, 0.1) is 0 Å². The van der Waals surface area contributed by atoms with Crippen LogP contribution in [0.3, 0.4) is 0 Å². The Labute approximate surface area is 130 Å². The molecular formula is C12H13Cl2N3O2S. The first-order valence-electron chi connectivity index (χ1n) is 5.82. The van der Waals surface area contributed by atoms with Crippen molar-refractivity contribution in [1.82, 2.24) is 0 Å². The Morgan fingerprint density at radius 3 is 2.60 bits per heavy atom. The van der Waals surface area contributed by atoms with Crippen molar-refractivity contribution in [2.24, 2.45) is 8.73 Å². The molecule has 1 aromatic carbocycles. The summed E-state index contributed by atoms with van der Waals surface area (Å²) in [5.74, 6) is -0.307. The SMILES string of the molecule is CC(C)(C)OCC(=O)Nc1c(Cl)cc(Cl)c2c1N=S=N2. The number of nitrogens with zero attached hydrogens (tertiary/aromatic N) is 2. The van der Waals surface area contributed by atoms with Crippen LogP contribution in [0.5, 0.6) is 0 Å². The number of benzene rings is 1. The number of nitrogens with one attached hydrogen (secondary N) is 1. The van der Waals surface area contributed by atoms with Crippen molar-refractivity contribution in [3.8, 4) is 0 Å². The third-order valence-electron chi connectivity index (χ3n) is 2.34. The Kier molecular flexibility index (Phi) is 4.49. The lowest BCUT2D eigenvalue weighted by Gasteiger charge is -2.19. The molecule has 0 spiro atoms. The van der Waals surface area contributed by atoms with Crippen molar-refractivity contribution in [3.05, 3.63) is 16.1 Å². The quantitative estimate of drug-likeness (QED) is 0.900. The van der Waals surface area contributed by atoms with Crippen LogP contribution in [0.1, 0.15) is 20.8 Å². The summed E-state index contributed by atoms with van der Waals surface area (Å²) in [4.78, 5) is 11.9. The highest BCUT2D eigenvalue weighted by Gasteiger charge is 2.21. The number of hydrogen-bond acceptors (Lipinski definition) is 4. The first kappa shape index (κ1) is 15.4. The highest BCUT2D eigenvalue weighted by Crippen LogP contribution is 2.47. The molecule has 0 saturated carbocycles. The van der Waals surface area contributed by atoms with Gasteiger partial charge in [0.2, 0.25) is 5.91 Å². The smallest absolute Gasteiger partial charge is 0.250 e. The minimum absolute atomic E-state index is 0.0679. The van der Waals surface area contributed by atoms with Crippen LogP contribution in [0.15, 0.2) is 14.8 Å². The average Bonchev–Trinajstić information content (AvgIpc) is 2.80. The van der Waals surface area contributed by atoms with Gasteiger partial charge in [-0.3, -0.25) is 4.79 Å². The number of ether oxygens (including phenoxy) is 1. The van der Waals surface area contributed by atoms with Crippen molar-refractivity contribution in [1.29, 1.82) is 0 Å². The van der Waals surface area contributed by atoms with Gasteiger partial charge < -0.3 is 10.1 Å². The topological polar surface area (TPSA) is 63.0 Å². The predicted octanol–water partition coefficient (Wildman–Crippen LogP) is 4.47. The predicted molar refractivity (Wildman–Crippen MR) is 82.3 cm³/mol. The molecule has 1 aromatic rings. The normalized spacial score (nSPS) is 13.1. The van der Waals surface area contributed by atoms with Gasteiger partial charge in [0.25, 0.3) is 0 Å². The standard InChI is InChI=1S/C12H13Cl2N3O2S/c1-12(2,3)19-5-8(18)15-9-6(13)4-7(14)10-11(9)17-20-16-10/h4H,5H2,1-3H3,(H,15,18). The molecule has 108 valence electrons. The molecule has 0 bridgehead atoms. The second kappa shape index (κ2) is 5.81. The van der Waals surface area contributed by atoms with E-state index in [1.54, 1.807) is 0 Å². The zero-order valence-electron chi connectivity index (χ0n) is 11.2. The molecule has 1 aliphatic heterocycles. The minimum atomic E-state index is -0.390. The molecule has 8 heteroatoms. The molecule has 0 fully saturated rings. The van der Waals surface area contributed by atoms with Gasteiger partial charge in [-0.25, -0.2) is 0 Å². The van der Waals surface area contributed by atoms with Crippen LogP contribution in [-0.4, -0.2) is 18.1 Å². The molecule has 2 rings (SSSR count). The molecule has 0 saturated heterocycles. The van der Waals surface area contributed by atoms with Gasteiger partial charge in [-0.15, -0.1) is 0 Å². The third-order valence-corrected chi connectivity index (χ3v) is 3.46. The maximum Gasteiger partial charge on any atom is 0.250 e. The highest BCUT2D eigenvalue weighted by atomic mass is 35.5. The Morgan fingerprint density at radius 1 is 1.30 bits per heavy atom. The van der Waals surface area contributed by atoms with Crippen LogP contribution in [-0.2, 0) is 20.9 Å². The zero-order chi connectivity index (χ0) is 14.9. The summed E-state index contributed by atoms with van der Waals surface area (Å²) in [7, 11) is 0. The Morgan fingerprint density at radius 2 is 1.95 bits per heavy atom. The number of carbonyl (C=O) groups is 1. The number of anilines is 1. The maximum atomic E-state index is 11.9. The van der Waals surface area contributed by atoms with E-state index >= 15 is 0 Å². The Hall–Kier alpha value is -0.950. The molecule has 0 radical (unpaired) electrons. The fourth-order valence-corrected chi connectivity index (χ4v) is 2.61. The van der Waals surface area contributed by atoms with Gasteiger partial charge in [-0.05, 0) is 26.8 Å². The lowest BCUT2D eigenvalue weighted by atomic mass is 10.2. The summed E-state index contributed by atoms with van der Waals surface area (Å²) in [6.07, 6.45) is 0. The number of carbonyl (C=O) groups excluding carboxylic acids is 1. The van der Waals surface area contributed by atoms with Crippen molar-refractivity contribution >= 4 is 57.5 Å². The summed E-state index contributed by atoms with van der Waals surface area (Å²) in [5, 5.41) is 3.41. The number of hydrogen-bond donors (Lipinski definition) is 1. The third kappa shape index (κ3) is 3.58. The number of amides is 1. The average molecular weight is 334 g/mol. The molecule has 1 N–H and O–H groups in total. The van der Waals surface area contributed by atoms with E-state index in [9.17, 15) is 4.79 Å². The second-order valence-electron chi connectivity index (χ2n) is 5.13. The Bertz CT molecular complexity index is 635. The van der Waals surface area contributed by atoms with Gasteiger partial charge in [0, 0.05) is 0 Å². The maximum absolute atomic E-state index is 11.9. The Balaban J connectivity index is 2.17. The van der Waals surface area contributed by atoms with Crippen molar-refractivity contribution < 1.29 is 9.53 Å². The van der Waals surface area contributed by atoms with Gasteiger partial charge in [0.15, 0.2) is 0 Å². The van der Waals surface area contributed by atoms with Crippen molar-refractivity contribution in [2.45, 2.75) is 26.4 Å². The molecule has 5 nitrogen and oxygen atoms in total. The first-order chi connectivity index (χ1) is 9.28. The largest absolute Gasteiger partial charge is 0.366 e. The summed E-state index contributed by atoms with van der Waals surface area (Å²) in [5.41, 5.74) is 1.02. The van der Waals surface area contributed by atoms with Gasteiger partial charge >= 0.3 is 0 Å². The van der Waals surface area contributed by atoms with E-state index < -0.39 is 5.60 Å². The van der Waals surface area contributed by atoms with Crippen LogP contribution in [0.4, 0.5) is 17.1 Å². The molecule has 1 heterocycles. The molecule has 1 amide bonds. The molecule has 20 heavy (non-hydrogen) atoms. The van der Waals surface area contributed by atoms with Crippen molar-refractivity contribution in [2.75, 3.05) is 11.9 Å². The van der Waals surface area contributed by atoms with Gasteiger partial charge in [-0.1, -0.05) is 23.2 Å². The number of halogens is 2. The summed E-state index contributed by atoms with van der Waals surface area (Å²) >= 11 is 13.1. The van der Waals surface area contributed by atoms with Gasteiger partial charge in [0.1, 0.15) is 18.0 Å². The van der Waals surface area contributed by atoms with E-state index in [2.05, 4.69) is 14.0 Å². The van der Waals surface area contributed by atoms with Crippen LogP contribution >= 0.6 is 23.2 Å². The zero-order valence-corrected chi connectivity index (χ0v) is 13.5. The van der Waals surface area contributed by atoms with E-state index in [0.29, 0.717) is 27.1 Å².